The highest BCUT2D eigenvalue weighted by atomic mass is 35.5. The van der Waals surface area contributed by atoms with Gasteiger partial charge >= 0.3 is 0 Å². The van der Waals surface area contributed by atoms with Crippen molar-refractivity contribution in [3.8, 4) is 0 Å². The molecule has 6 heteroatoms. The Morgan fingerprint density at radius 3 is 2.63 bits per heavy atom. The van der Waals surface area contributed by atoms with E-state index < -0.39 is 0 Å². The summed E-state index contributed by atoms with van der Waals surface area (Å²) in [5.74, 6) is 1.79. The topological polar surface area (TPSA) is 41.3 Å². The molecular weight excluding hydrogens is 285 g/mol. The first-order chi connectivity index (χ1) is 8.16. The molecule has 1 fully saturated rings. The Labute approximate surface area is 128 Å². The van der Waals surface area contributed by atoms with Gasteiger partial charge in [-0.1, -0.05) is 0 Å². The van der Waals surface area contributed by atoms with Crippen LogP contribution in [0, 0.1) is 13.8 Å². The molecule has 0 saturated carbocycles. The summed E-state index contributed by atoms with van der Waals surface area (Å²) >= 11 is 0. The number of rotatable bonds is 3. The first kappa shape index (κ1) is 18.7. The molecule has 1 N–H and O–H groups in total. The second kappa shape index (κ2) is 8.80. The molecule has 1 aromatic rings. The van der Waals surface area contributed by atoms with Gasteiger partial charge in [0.25, 0.3) is 0 Å². The van der Waals surface area contributed by atoms with Gasteiger partial charge in [0.1, 0.15) is 5.76 Å². The molecule has 1 aliphatic heterocycles. The van der Waals surface area contributed by atoms with Crippen molar-refractivity contribution < 1.29 is 4.42 Å². The van der Waals surface area contributed by atoms with Crippen molar-refractivity contribution in [3.05, 3.63) is 17.3 Å². The average Bonchev–Trinajstić information content (AvgIpc) is 2.54. The predicted molar refractivity (Wildman–Crippen MR) is 82.4 cm³/mol. The molecule has 0 aliphatic carbocycles. The lowest BCUT2D eigenvalue weighted by Gasteiger charge is -2.25. The van der Waals surface area contributed by atoms with E-state index in [0.717, 1.165) is 37.0 Å². The molecule has 0 spiro atoms. The van der Waals surface area contributed by atoms with Gasteiger partial charge in [0, 0.05) is 6.04 Å². The molecule has 2 rings (SSSR count). The van der Waals surface area contributed by atoms with Crippen LogP contribution in [0.5, 0.6) is 0 Å². The third-order valence-electron chi connectivity index (χ3n) is 3.63. The van der Waals surface area contributed by atoms with E-state index in [9.17, 15) is 0 Å². The Bertz CT molecular complexity index is 343. The molecule has 4 nitrogen and oxygen atoms in total. The smallest absolute Gasteiger partial charge is 0.208 e. The molecule has 112 valence electrons. The van der Waals surface area contributed by atoms with Crippen LogP contribution < -0.4 is 5.32 Å². The van der Waals surface area contributed by atoms with Gasteiger partial charge in [0.15, 0.2) is 0 Å². The lowest BCUT2D eigenvalue weighted by molar-refractivity contribution is 0.196. The first-order valence-electron chi connectivity index (χ1n) is 6.50. The Morgan fingerprint density at radius 1 is 1.26 bits per heavy atom. The van der Waals surface area contributed by atoms with E-state index in [1.807, 2.05) is 13.8 Å². The minimum absolute atomic E-state index is 0. The highest BCUT2D eigenvalue weighted by Gasteiger charge is 2.18. The highest BCUT2D eigenvalue weighted by molar-refractivity contribution is 5.85. The molecule has 1 atom stereocenters. The number of hydrogen-bond donors (Lipinski definition) is 1. The van der Waals surface area contributed by atoms with Gasteiger partial charge in [-0.15, -0.1) is 24.8 Å². The van der Waals surface area contributed by atoms with Crippen molar-refractivity contribution >= 4 is 24.8 Å². The monoisotopic (exact) mass is 309 g/mol. The van der Waals surface area contributed by atoms with E-state index in [4.69, 9.17) is 4.42 Å². The Balaban J connectivity index is 0.00000162. The van der Waals surface area contributed by atoms with Crippen LogP contribution in [0.4, 0.5) is 0 Å². The van der Waals surface area contributed by atoms with Gasteiger partial charge in [-0.2, -0.15) is 0 Å². The van der Waals surface area contributed by atoms with E-state index >= 15 is 0 Å². The third kappa shape index (κ3) is 5.30. The first-order valence-corrected chi connectivity index (χ1v) is 6.50. The number of aryl methyl sites for hydroxylation is 2. The summed E-state index contributed by atoms with van der Waals surface area (Å²) < 4.78 is 5.64. The molecule has 1 unspecified atom stereocenters. The van der Waals surface area contributed by atoms with Crippen LogP contribution in [0.25, 0.3) is 0 Å². The van der Waals surface area contributed by atoms with Gasteiger partial charge in [-0.05, 0) is 53.2 Å². The van der Waals surface area contributed by atoms with Crippen LogP contribution in [0.3, 0.4) is 0 Å². The maximum Gasteiger partial charge on any atom is 0.208 e. The summed E-state index contributed by atoms with van der Waals surface area (Å²) in [4.78, 5) is 6.82. The summed E-state index contributed by atoms with van der Waals surface area (Å²) in [5, 5.41) is 3.44. The second-order valence-corrected chi connectivity index (χ2v) is 5.00. The van der Waals surface area contributed by atoms with Crippen LogP contribution in [0.15, 0.2) is 4.42 Å². The van der Waals surface area contributed by atoms with Crippen molar-refractivity contribution in [2.45, 2.75) is 45.7 Å². The van der Waals surface area contributed by atoms with Gasteiger partial charge < -0.3 is 9.73 Å². The molecule has 1 saturated heterocycles. The fraction of sp³-hybridized carbons (Fsp3) is 0.769. The highest BCUT2D eigenvalue weighted by Crippen LogP contribution is 2.16. The summed E-state index contributed by atoms with van der Waals surface area (Å²) in [6.07, 6.45) is 3.75. The number of oxazole rings is 1. The zero-order chi connectivity index (χ0) is 12.3. The maximum absolute atomic E-state index is 5.64. The van der Waals surface area contributed by atoms with E-state index in [0.29, 0.717) is 6.04 Å². The molecule has 1 aliphatic rings. The van der Waals surface area contributed by atoms with Crippen molar-refractivity contribution in [1.82, 2.24) is 15.2 Å². The fourth-order valence-electron chi connectivity index (χ4n) is 2.39. The third-order valence-corrected chi connectivity index (χ3v) is 3.63. The number of nitrogens with one attached hydrogen (secondary N) is 1. The number of aromatic nitrogens is 1. The number of hydrogen-bond acceptors (Lipinski definition) is 4. The quantitative estimate of drug-likeness (QED) is 0.932. The van der Waals surface area contributed by atoms with E-state index in [1.54, 1.807) is 0 Å². The summed E-state index contributed by atoms with van der Waals surface area (Å²) in [6, 6.07) is 0.650. The van der Waals surface area contributed by atoms with Crippen LogP contribution in [0.1, 0.15) is 36.6 Å². The molecular formula is C13H25Cl2N3O. The van der Waals surface area contributed by atoms with E-state index in [2.05, 4.69) is 22.2 Å². The van der Waals surface area contributed by atoms with Crippen molar-refractivity contribution in [2.24, 2.45) is 0 Å². The number of halogens is 2. The standard InChI is InChI=1S/C13H23N3O.2ClH/c1-10-11(2)17-13(15-10)9-16(3)12-5-4-7-14-8-6-12;;/h12,14H,4-9H2,1-3H3;2*1H. The Kier molecular flexibility index (Phi) is 8.66. The number of nitrogens with zero attached hydrogens (tertiary/aromatic N) is 2. The lowest BCUT2D eigenvalue weighted by Crippen LogP contribution is -2.32. The van der Waals surface area contributed by atoms with Crippen LogP contribution in [-0.4, -0.2) is 36.1 Å². The molecule has 0 aromatic carbocycles. The summed E-state index contributed by atoms with van der Waals surface area (Å²) in [5.41, 5.74) is 1.01. The largest absolute Gasteiger partial charge is 0.444 e. The Hall–Kier alpha value is -0.290. The molecule has 0 amide bonds. The average molecular weight is 310 g/mol. The predicted octanol–water partition coefficient (Wildman–Crippen LogP) is 2.71. The maximum atomic E-state index is 5.64. The zero-order valence-corrected chi connectivity index (χ0v) is 13.6. The molecule has 19 heavy (non-hydrogen) atoms. The molecule has 1 aromatic heterocycles. The van der Waals surface area contributed by atoms with Crippen LogP contribution in [0.2, 0.25) is 0 Å². The summed E-state index contributed by atoms with van der Waals surface area (Å²) in [7, 11) is 2.17. The summed E-state index contributed by atoms with van der Waals surface area (Å²) in [6.45, 7) is 7.07. The van der Waals surface area contributed by atoms with E-state index in [1.165, 1.54) is 19.3 Å². The molecule has 2 heterocycles. The second-order valence-electron chi connectivity index (χ2n) is 5.00. The van der Waals surface area contributed by atoms with Crippen molar-refractivity contribution in [3.63, 3.8) is 0 Å². The van der Waals surface area contributed by atoms with Gasteiger partial charge in [-0.25, -0.2) is 4.98 Å². The minimum atomic E-state index is 0. The normalized spacial score (nSPS) is 19.5. The van der Waals surface area contributed by atoms with Crippen LogP contribution in [-0.2, 0) is 6.54 Å². The van der Waals surface area contributed by atoms with Gasteiger partial charge in [-0.3, -0.25) is 4.90 Å². The Morgan fingerprint density at radius 2 is 2.00 bits per heavy atom. The SMILES string of the molecule is Cc1nc(CN(C)C2CCCNCC2)oc1C.Cl.Cl. The van der Waals surface area contributed by atoms with Crippen molar-refractivity contribution in [1.29, 1.82) is 0 Å². The zero-order valence-electron chi connectivity index (χ0n) is 11.9. The lowest BCUT2D eigenvalue weighted by atomic mass is 10.1. The fourth-order valence-corrected chi connectivity index (χ4v) is 2.39. The van der Waals surface area contributed by atoms with Gasteiger partial charge in [0.05, 0.1) is 12.2 Å². The molecule has 0 bridgehead atoms. The van der Waals surface area contributed by atoms with Crippen molar-refractivity contribution in [2.75, 3.05) is 20.1 Å². The minimum Gasteiger partial charge on any atom is -0.444 e. The van der Waals surface area contributed by atoms with Gasteiger partial charge in [0.2, 0.25) is 5.89 Å². The molecule has 0 radical (unpaired) electrons. The van der Waals surface area contributed by atoms with Crippen LogP contribution >= 0.6 is 24.8 Å². The van der Waals surface area contributed by atoms with E-state index in [-0.39, 0.29) is 24.8 Å².